The van der Waals surface area contributed by atoms with Gasteiger partial charge in [-0.15, -0.1) is 11.3 Å². The molecule has 0 aliphatic heterocycles. The molecule has 5 rings (SSSR count). The number of anilines is 1. The van der Waals surface area contributed by atoms with Crippen molar-refractivity contribution in [1.29, 1.82) is 5.26 Å². The van der Waals surface area contributed by atoms with E-state index in [0.29, 0.717) is 41.1 Å². The minimum Gasteiger partial charge on any atom is -0.349 e. The van der Waals surface area contributed by atoms with Gasteiger partial charge in [-0.25, -0.2) is 0 Å². The molecule has 0 spiro atoms. The average Bonchev–Trinajstić information content (AvgIpc) is 3.17. The van der Waals surface area contributed by atoms with E-state index in [1.165, 1.54) is 11.3 Å². The number of thiophene rings is 1. The van der Waals surface area contributed by atoms with Gasteiger partial charge in [0, 0.05) is 24.6 Å². The number of carbonyl (C=O) groups excluding carboxylic acids is 2. The van der Waals surface area contributed by atoms with Gasteiger partial charge in [0.25, 0.3) is 0 Å². The lowest BCUT2D eigenvalue weighted by Gasteiger charge is -2.23. The Kier molecular flexibility index (Phi) is 5.46. The Balaban J connectivity index is 1.43. The van der Waals surface area contributed by atoms with Gasteiger partial charge < -0.3 is 5.32 Å². The Labute approximate surface area is 191 Å². The second-order valence-electron chi connectivity index (χ2n) is 8.44. The number of Topliss-reactive ketones (excluding diaryl/α,β-unsaturated/α-hetero) is 1. The first-order chi connectivity index (χ1) is 15.6. The molecular weight excluding hydrogens is 416 g/mol. The average molecular weight is 439 g/mol. The van der Waals surface area contributed by atoms with E-state index in [-0.39, 0.29) is 23.4 Å². The van der Waals surface area contributed by atoms with Crippen LogP contribution in [0.3, 0.4) is 0 Å². The lowest BCUT2D eigenvalue weighted by Crippen LogP contribution is -2.17. The lowest BCUT2D eigenvalue weighted by atomic mass is 9.81. The van der Waals surface area contributed by atoms with E-state index in [1.54, 1.807) is 6.08 Å². The molecule has 32 heavy (non-hydrogen) atoms. The van der Waals surface area contributed by atoms with Crippen molar-refractivity contribution in [3.8, 4) is 6.07 Å². The quantitative estimate of drug-likeness (QED) is 0.544. The number of hydrogen-bond acceptors (Lipinski definition) is 5. The van der Waals surface area contributed by atoms with Crippen LogP contribution >= 0.6 is 11.3 Å². The van der Waals surface area contributed by atoms with Crippen LogP contribution in [0.1, 0.15) is 63.0 Å². The third-order valence-electron chi connectivity index (χ3n) is 6.32. The number of ketones is 2. The number of nitrogens with zero attached hydrogens (tertiary/aromatic N) is 1. The predicted molar refractivity (Wildman–Crippen MR) is 126 cm³/mol. The van der Waals surface area contributed by atoms with Gasteiger partial charge in [-0.2, -0.15) is 5.26 Å². The summed E-state index contributed by atoms with van der Waals surface area (Å²) in [5.41, 5.74) is 4.45. The smallest absolute Gasteiger partial charge is 0.173 e. The van der Waals surface area contributed by atoms with Crippen LogP contribution in [0.15, 0.2) is 72.4 Å². The molecule has 2 atom stereocenters. The monoisotopic (exact) mass is 438 g/mol. The number of fused-ring (bicyclic) bond motifs is 1. The van der Waals surface area contributed by atoms with Crippen molar-refractivity contribution in [1.82, 2.24) is 0 Å². The summed E-state index contributed by atoms with van der Waals surface area (Å²) in [5, 5.41) is 14.0. The van der Waals surface area contributed by atoms with Crippen LogP contribution in [0.5, 0.6) is 0 Å². The van der Waals surface area contributed by atoms with E-state index in [0.717, 1.165) is 22.4 Å². The fourth-order valence-electron chi connectivity index (χ4n) is 4.77. The van der Waals surface area contributed by atoms with Gasteiger partial charge in [-0.05, 0) is 41.4 Å². The van der Waals surface area contributed by atoms with Crippen LogP contribution in [0.4, 0.5) is 5.00 Å². The molecule has 1 heterocycles. The first kappa shape index (κ1) is 20.4. The number of nitrogens with one attached hydrogen (secondary N) is 1. The molecule has 1 aromatic heterocycles. The molecule has 2 aromatic carbocycles. The highest BCUT2D eigenvalue weighted by molar-refractivity contribution is 7.18. The number of nitriles is 1. The van der Waals surface area contributed by atoms with Gasteiger partial charge in [0.2, 0.25) is 0 Å². The van der Waals surface area contributed by atoms with Crippen molar-refractivity contribution in [2.75, 3.05) is 5.32 Å². The van der Waals surface area contributed by atoms with Crippen molar-refractivity contribution < 1.29 is 9.59 Å². The van der Waals surface area contributed by atoms with E-state index < -0.39 is 0 Å². The number of carbonyl (C=O) groups is 2. The number of benzene rings is 2. The third-order valence-corrected chi connectivity index (χ3v) is 7.51. The van der Waals surface area contributed by atoms with Crippen molar-refractivity contribution in [3.05, 3.63) is 99.6 Å². The van der Waals surface area contributed by atoms with E-state index >= 15 is 0 Å². The molecule has 3 aromatic rings. The summed E-state index contributed by atoms with van der Waals surface area (Å²) in [6, 6.07) is 22.4. The van der Waals surface area contributed by atoms with Crippen LogP contribution in [-0.4, -0.2) is 11.6 Å². The zero-order valence-electron chi connectivity index (χ0n) is 17.5. The Morgan fingerprint density at radius 3 is 2.09 bits per heavy atom. The van der Waals surface area contributed by atoms with Crippen LogP contribution in [0.25, 0.3) is 0 Å². The van der Waals surface area contributed by atoms with Crippen LogP contribution in [0, 0.1) is 11.3 Å². The number of hydrogen-bond donors (Lipinski definition) is 1. The molecule has 0 fully saturated rings. The molecule has 1 N–H and O–H groups in total. The molecule has 2 aliphatic carbocycles. The van der Waals surface area contributed by atoms with Crippen molar-refractivity contribution >= 4 is 27.9 Å². The van der Waals surface area contributed by atoms with Crippen molar-refractivity contribution in [3.63, 3.8) is 0 Å². The van der Waals surface area contributed by atoms with Crippen molar-refractivity contribution in [2.24, 2.45) is 0 Å². The second-order valence-corrected chi connectivity index (χ2v) is 9.46. The molecule has 0 saturated heterocycles. The van der Waals surface area contributed by atoms with E-state index in [2.05, 4.69) is 11.4 Å². The van der Waals surface area contributed by atoms with Crippen LogP contribution in [-0.2, 0) is 11.2 Å². The molecule has 0 saturated carbocycles. The summed E-state index contributed by atoms with van der Waals surface area (Å²) in [7, 11) is 0. The summed E-state index contributed by atoms with van der Waals surface area (Å²) < 4.78 is 0. The van der Waals surface area contributed by atoms with Gasteiger partial charge >= 0.3 is 0 Å². The normalized spacial score (nSPS) is 20.3. The molecule has 0 amide bonds. The topological polar surface area (TPSA) is 70.0 Å². The van der Waals surface area contributed by atoms with E-state index in [4.69, 9.17) is 0 Å². The Hall–Kier alpha value is -3.49. The first-order valence-electron chi connectivity index (χ1n) is 10.8. The molecule has 0 radical (unpaired) electrons. The maximum absolute atomic E-state index is 12.9. The Morgan fingerprint density at radius 1 is 0.844 bits per heavy atom. The fraction of sp³-hybridized carbons (Fsp3) is 0.222. The van der Waals surface area contributed by atoms with E-state index in [9.17, 15) is 14.9 Å². The maximum Gasteiger partial charge on any atom is 0.173 e. The highest BCUT2D eigenvalue weighted by Gasteiger charge is 2.32. The van der Waals surface area contributed by atoms with Crippen LogP contribution < -0.4 is 5.32 Å². The molecule has 158 valence electrons. The SMILES string of the molecule is N#Cc1c(NC2=CC(=O)CC(c3ccccc3)C2)sc2c1CC(c1ccccc1)CC2=O. The van der Waals surface area contributed by atoms with Gasteiger partial charge in [-0.1, -0.05) is 60.7 Å². The number of rotatable bonds is 4. The van der Waals surface area contributed by atoms with Gasteiger partial charge in [0.05, 0.1) is 10.4 Å². The van der Waals surface area contributed by atoms with Gasteiger partial charge in [0.1, 0.15) is 11.1 Å². The van der Waals surface area contributed by atoms with E-state index in [1.807, 2.05) is 60.7 Å². The number of allylic oxidation sites excluding steroid dienone is 2. The third kappa shape index (κ3) is 3.90. The largest absolute Gasteiger partial charge is 0.349 e. The minimum atomic E-state index is 0.0765. The Morgan fingerprint density at radius 2 is 1.47 bits per heavy atom. The van der Waals surface area contributed by atoms with Crippen LogP contribution in [0.2, 0.25) is 0 Å². The van der Waals surface area contributed by atoms with Gasteiger partial charge in [0.15, 0.2) is 11.6 Å². The summed E-state index contributed by atoms with van der Waals surface area (Å²) in [6.07, 6.45) is 3.96. The molecular formula is C27H22N2O2S. The molecule has 0 bridgehead atoms. The minimum absolute atomic E-state index is 0.0765. The molecule has 2 unspecified atom stereocenters. The maximum atomic E-state index is 12.9. The predicted octanol–water partition coefficient (Wildman–Crippen LogP) is 5.97. The van der Waals surface area contributed by atoms with Gasteiger partial charge in [-0.3, -0.25) is 9.59 Å². The summed E-state index contributed by atoms with van der Waals surface area (Å²) in [6.45, 7) is 0. The zero-order valence-corrected chi connectivity index (χ0v) is 18.3. The fourth-order valence-corrected chi connectivity index (χ4v) is 5.94. The second kappa shape index (κ2) is 8.57. The summed E-state index contributed by atoms with van der Waals surface area (Å²) in [4.78, 5) is 26.0. The summed E-state index contributed by atoms with van der Waals surface area (Å²) in [5.74, 6) is 0.363. The first-order valence-corrected chi connectivity index (χ1v) is 11.6. The molecule has 4 nitrogen and oxygen atoms in total. The highest BCUT2D eigenvalue weighted by Crippen LogP contribution is 2.43. The zero-order chi connectivity index (χ0) is 22.1. The molecule has 5 heteroatoms. The standard InChI is InChI=1S/C27H22N2O2S/c28-16-24-23-13-20(18-9-5-2-6-10-18)14-25(31)26(23)32-27(24)29-21-11-19(12-22(30)15-21)17-7-3-1-4-8-17/h1-10,15,19-20,29H,11-14H2. The highest BCUT2D eigenvalue weighted by atomic mass is 32.1. The Bertz CT molecular complexity index is 1250. The van der Waals surface area contributed by atoms with Crippen molar-refractivity contribution in [2.45, 2.75) is 37.5 Å². The lowest BCUT2D eigenvalue weighted by molar-refractivity contribution is -0.115. The summed E-state index contributed by atoms with van der Waals surface area (Å²) >= 11 is 1.35. The molecule has 2 aliphatic rings.